The first-order valence-corrected chi connectivity index (χ1v) is 12.0. The Bertz CT molecular complexity index is 853. The van der Waals surface area contributed by atoms with E-state index in [1.807, 2.05) is 0 Å². The molecule has 1 aliphatic rings. The molecule has 3 aromatic rings. The second kappa shape index (κ2) is 12.0. The third kappa shape index (κ3) is 6.77. The Balaban J connectivity index is 1.60. The number of aliphatic hydroxyl groups excluding tert-OH is 1. The van der Waals surface area contributed by atoms with E-state index in [0.29, 0.717) is 0 Å². The highest BCUT2D eigenvalue weighted by atomic mass is 16.3. The van der Waals surface area contributed by atoms with Crippen molar-refractivity contribution >= 4 is 0 Å². The van der Waals surface area contributed by atoms with Crippen LogP contribution in [-0.4, -0.2) is 46.7 Å². The first-order valence-electron chi connectivity index (χ1n) is 12.0. The summed E-state index contributed by atoms with van der Waals surface area (Å²) in [5, 5.41) is 11.6. The number of benzene rings is 3. The predicted octanol–water partition coefficient (Wildman–Crippen LogP) is 5.15. The molecule has 32 heavy (non-hydrogen) atoms. The highest BCUT2D eigenvalue weighted by Crippen LogP contribution is 2.21. The number of rotatable bonds is 10. The molecule has 0 aromatic heterocycles. The van der Waals surface area contributed by atoms with Crippen LogP contribution in [0, 0.1) is 0 Å². The highest BCUT2D eigenvalue weighted by molar-refractivity contribution is 5.20. The van der Waals surface area contributed by atoms with Gasteiger partial charge in [-0.1, -0.05) is 97.4 Å². The van der Waals surface area contributed by atoms with Crippen LogP contribution in [0.1, 0.15) is 36.0 Å². The predicted molar refractivity (Wildman–Crippen MR) is 132 cm³/mol. The SMILES string of the molecule is O[C@H](CN1CCCCC1)[C@H](Cc1ccccc1)N(Cc1ccccc1)Cc1ccccc1. The first kappa shape index (κ1) is 22.7. The van der Waals surface area contributed by atoms with Gasteiger partial charge in [0.15, 0.2) is 0 Å². The van der Waals surface area contributed by atoms with Gasteiger partial charge in [-0.25, -0.2) is 0 Å². The number of hydrogen-bond donors (Lipinski definition) is 1. The minimum atomic E-state index is -0.402. The largest absolute Gasteiger partial charge is 0.390 e. The fourth-order valence-electron chi connectivity index (χ4n) is 4.82. The molecule has 1 fully saturated rings. The van der Waals surface area contributed by atoms with E-state index < -0.39 is 6.10 Å². The fraction of sp³-hybridized carbons (Fsp3) is 0.379. The quantitative estimate of drug-likeness (QED) is 0.484. The van der Waals surface area contributed by atoms with Crippen LogP contribution in [0.2, 0.25) is 0 Å². The Morgan fingerprint density at radius 3 is 1.62 bits per heavy atom. The number of aliphatic hydroxyl groups is 1. The summed E-state index contributed by atoms with van der Waals surface area (Å²) >= 11 is 0. The summed E-state index contributed by atoms with van der Waals surface area (Å²) in [5.41, 5.74) is 3.85. The Morgan fingerprint density at radius 1 is 0.656 bits per heavy atom. The third-order valence-corrected chi connectivity index (χ3v) is 6.55. The molecule has 0 saturated carbocycles. The minimum absolute atomic E-state index is 0.0414. The van der Waals surface area contributed by atoms with Crippen molar-refractivity contribution in [3.8, 4) is 0 Å². The van der Waals surface area contributed by atoms with Crippen LogP contribution in [0.4, 0.5) is 0 Å². The van der Waals surface area contributed by atoms with Gasteiger partial charge in [-0.2, -0.15) is 0 Å². The molecule has 1 saturated heterocycles. The number of β-amino-alcohol motifs (C(OH)–C–C–N with tert-alkyl or cyclic N) is 1. The van der Waals surface area contributed by atoms with Crippen molar-refractivity contribution in [1.82, 2.24) is 9.80 Å². The summed E-state index contributed by atoms with van der Waals surface area (Å²) in [6, 6.07) is 32.0. The van der Waals surface area contributed by atoms with Gasteiger partial charge in [0.25, 0.3) is 0 Å². The molecule has 1 N–H and O–H groups in total. The molecule has 1 heterocycles. The molecule has 4 rings (SSSR count). The maximum Gasteiger partial charge on any atom is 0.0825 e. The van der Waals surface area contributed by atoms with Gasteiger partial charge < -0.3 is 10.0 Å². The molecule has 0 spiro atoms. The number of nitrogens with zero attached hydrogens (tertiary/aromatic N) is 2. The van der Waals surface area contributed by atoms with Gasteiger partial charge in [0.2, 0.25) is 0 Å². The summed E-state index contributed by atoms with van der Waals surface area (Å²) in [4.78, 5) is 4.93. The maximum atomic E-state index is 11.6. The van der Waals surface area contributed by atoms with Crippen LogP contribution in [0.5, 0.6) is 0 Å². The molecular weight excluding hydrogens is 392 g/mol. The monoisotopic (exact) mass is 428 g/mol. The Labute approximate surface area is 193 Å². The van der Waals surface area contributed by atoms with Gasteiger partial charge in [-0.3, -0.25) is 4.90 Å². The van der Waals surface area contributed by atoms with Crippen LogP contribution >= 0.6 is 0 Å². The van der Waals surface area contributed by atoms with Crippen LogP contribution in [0.3, 0.4) is 0 Å². The lowest BCUT2D eigenvalue weighted by Gasteiger charge is -2.38. The number of piperidine rings is 1. The van der Waals surface area contributed by atoms with Crippen molar-refractivity contribution in [2.24, 2.45) is 0 Å². The van der Waals surface area contributed by atoms with E-state index in [4.69, 9.17) is 0 Å². The summed E-state index contributed by atoms with van der Waals surface area (Å²) in [7, 11) is 0. The standard InChI is InChI=1S/C29H36N2O/c32-29(24-30-19-11-4-12-20-30)28(21-25-13-5-1-6-14-25)31(22-26-15-7-2-8-16-26)23-27-17-9-3-10-18-27/h1-3,5-10,13-18,28-29,32H,4,11-12,19-24H2/t28-,29+/m0/s1. The van der Waals surface area contributed by atoms with Crippen molar-refractivity contribution in [2.45, 2.75) is 50.9 Å². The molecular formula is C29H36N2O. The second-order valence-corrected chi connectivity index (χ2v) is 9.06. The second-order valence-electron chi connectivity index (χ2n) is 9.06. The van der Waals surface area contributed by atoms with E-state index in [1.165, 1.54) is 36.0 Å². The van der Waals surface area contributed by atoms with E-state index in [0.717, 1.165) is 39.1 Å². The third-order valence-electron chi connectivity index (χ3n) is 6.55. The molecule has 0 unspecified atom stereocenters. The Hall–Kier alpha value is -2.46. The zero-order valence-electron chi connectivity index (χ0n) is 19.0. The molecule has 0 aliphatic carbocycles. The normalized spacial score (nSPS) is 16.7. The zero-order valence-corrected chi connectivity index (χ0v) is 19.0. The van der Waals surface area contributed by atoms with Crippen molar-refractivity contribution < 1.29 is 5.11 Å². The summed E-state index contributed by atoms with van der Waals surface area (Å²) in [6.07, 6.45) is 4.24. The van der Waals surface area contributed by atoms with Crippen molar-refractivity contribution in [1.29, 1.82) is 0 Å². The highest BCUT2D eigenvalue weighted by Gasteiger charge is 2.29. The summed E-state index contributed by atoms with van der Waals surface area (Å²) < 4.78 is 0. The molecule has 3 nitrogen and oxygen atoms in total. The van der Waals surface area contributed by atoms with Crippen molar-refractivity contribution in [3.05, 3.63) is 108 Å². The van der Waals surface area contributed by atoms with Gasteiger partial charge in [0, 0.05) is 25.7 Å². The van der Waals surface area contributed by atoms with Gasteiger partial charge in [0.1, 0.15) is 0 Å². The van der Waals surface area contributed by atoms with E-state index in [1.54, 1.807) is 0 Å². The molecule has 0 bridgehead atoms. The fourth-order valence-corrected chi connectivity index (χ4v) is 4.82. The molecule has 3 heteroatoms. The average molecular weight is 429 g/mol. The topological polar surface area (TPSA) is 26.7 Å². The lowest BCUT2D eigenvalue weighted by molar-refractivity contribution is 0.0121. The number of hydrogen-bond acceptors (Lipinski definition) is 3. The smallest absolute Gasteiger partial charge is 0.0825 e. The molecule has 1 aliphatic heterocycles. The molecule has 2 atom stereocenters. The maximum absolute atomic E-state index is 11.6. The summed E-state index contributed by atoms with van der Waals surface area (Å²) in [5.74, 6) is 0. The van der Waals surface area contributed by atoms with Crippen molar-refractivity contribution in [3.63, 3.8) is 0 Å². The van der Waals surface area contributed by atoms with E-state index in [-0.39, 0.29) is 6.04 Å². The van der Waals surface area contributed by atoms with Crippen molar-refractivity contribution in [2.75, 3.05) is 19.6 Å². The van der Waals surface area contributed by atoms with Gasteiger partial charge in [-0.15, -0.1) is 0 Å². The summed E-state index contributed by atoms with van der Waals surface area (Å²) in [6.45, 7) is 4.60. The lowest BCUT2D eigenvalue weighted by Crippen LogP contribution is -2.50. The van der Waals surface area contributed by atoms with Gasteiger partial charge >= 0.3 is 0 Å². The van der Waals surface area contributed by atoms with E-state index in [2.05, 4.69) is 101 Å². The Morgan fingerprint density at radius 2 is 1.12 bits per heavy atom. The number of likely N-dealkylation sites (tertiary alicyclic amines) is 1. The van der Waals surface area contributed by atoms with Gasteiger partial charge in [0.05, 0.1) is 6.10 Å². The molecule has 168 valence electrons. The average Bonchev–Trinajstić information content (AvgIpc) is 2.85. The van der Waals surface area contributed by atoms with E-state index in [9.17, 15) is 5.11 Å². The molecule has 0 amide bonds. The van der Waals surface area contributed by atoms with Crippen LogP contribution in [-0.2, 0) is 19.5 Å². The Kier molecular flexibility index (Phi) is 8.49. The lowest BCUT2D eigenvalue weighted by atomic mass is 9.97. The minimum Gasteiger partial charge on any atom is -0.390 e. The van der Waals surface area contributed by atoms with Crippen LogP contribution in [0.25, 0.3) is 0 Å². The van der Waals surface area contributed by atoms with Gasteiger partial charge in [-0.05, 0) is 49.0 Å². The van der Waals surface area contributed by atoms with Crippen LogP contribution in [0.15, 0.2) is 91.0 Å². The van der Waals surface area contributed by atoms with E-state index >= 15 is 0 Å². The molecule has 0 radical (unpaired) electrons. The zero-order chi connectivity index (χ0) is 22.0. The first-order chi connectivity index (χ1) is 15.8. The molecule has 3 aromatic carbocycles. The van der Waals surface area contributed by atoms with Crippen LogP contribution < -0.4 is 0 Å².